The number of benzene rings is 4. The lowest BCUT2D eigenvalue weighted by Crippen LogP contribution is -1.87. The van der Waals surface area contributed by atoms with Crippen LogP contribution in [0.2, 0.25) is 0 Å². The van der Waals surface area contributed by atoms with Crippen LogP contribution in [0.15, 0.2) is 84.9 Å². The van der Waals surface area contributed by atoms with Crippen molar-refractivity contribution in [1.82, 2.24) is 0 Å². The van der Waals surface area contributed by atoms with Crippen molar-refractivity contribution in [3.8, 4) is 34.8 Å². The lowest BCUT2D eigenvalue weighted by Gasteiger charge is -2.05. The van der Waals surface area contributed by atoms with E-state index in [9.17, 15) is 10.5 Å². The standard InChI is InChI=1S/C32H24N2O2/c1-35-31-17-15-29(21-33)27(19-31)13-7-23-3-9-25(10-4-23)26-11-5-24(6-12-26)8-14-28-20-32(36-2)18-16-30(28)22-34/h3-20H,1-2H3/b13-7+,14-8+. The summed E-state index contributed by atoms with van der Waals surface area (Å²) in [5, 5.41) is 18.7. The van der Waals surface area contributed by atoms with E-state index in [4.69, 9.17) is 9.47 Å². The summed E-state index contributed by atoms with van der Waals surface area (Å²) >= 11 is 0. The highest BCUT2D eigenvalue weighted by Gasteiger charge is 2.03. The largest absolute Gasteiger partial charge is 0.497 e. The molecule has 0 aromatic heterocycles. The van der Waals surface area contributed by atoms with Gasteiger partial charge in [0.05, 0.1) is 37.5 Å². The van der Waals surface area contributed by atoms with Crippen LogP contribution in [0, 0.1) is 22.7 Å². The van der Waals surface area contributed by atoms with Crippen molar-refractivity contribution in [3.63, 3.8) is 0 Å². The maximum atomic E-state index is 9.35. The Balaban J connectivity index is 1.48. The van der Waals surface area contributed by atoms with Gasteiger partial charge in [-0.2, -0.15) is 10.5 Å². The van der Waals surface area contributed by atoms with Crippen LogP contribution in [-0.4, -0.2) is 14.2 Å². The van der Waals surface area contributed by atoms with Crippen molar-refractivity contribution in [2.45, 2.75) is 0 Å². The number of hydrogen-bond acceptors (Lipinski definition) is 4. The quantitative estimate of drug-likeness (QED) is 0.264. The summed E-state index contributed by atoms with van der Waals surface area (Å²) in [5.74, 6) is 1.44. The van der Waals surface area contributed by atoms with Crippen LogP contribution in [0.4, 0.5) is 0 Å². The molecule has 0 saturated carbocycles. The van der Waals surface area contributed by atoms with Crippen LogP contribution in [-0.2, 0) is 0 Å². The molecule has 0 bridgehead atoms. The fourth-order valence-corrected chi connectivity index (χ4v) is 3.76. The highest BCUT2D eigenvalue weighted by Crippen LogP contribution is 2.24. The third-order valence-electron chi connectivity index (χ3n) is 5.82. The van der Waals surface area contributed by atoms with Crippen LogP contribution >= 0.6 is 0 Å². The second kappa shape index (κ2) is 11.4. The van der Waals surface area contributed by atoms with Crippen molar-refractivity contribution in [2.75, 3.05) is 14.2 Å². The highest BCUT2D eigenvalue weighted by molar-refractivity contribution is 5.76. The van der Waals surface area contributed by atoms with Gasteiger partial charge in [-0.15, -0.1) is 0 Å². The predicted molar refractivity (Wildman–Crippen MR) is 145 cm³/mol. The van der Waals surface area contributed by atoms with Gasteiger partial charge in [-0.1, -0.05) is 72.8 Å². The first-order chi connectivity index (χ1) is 17.6. The number of rotatable bonds is 7. The van der Waals surface area contributed by atoms with E-state index in [2.05, 4.69) is 60.7 Å². The van der Waals surface area contributed by atoms with E-state index in [1.54, 1.807) is 38.5 Å². The molecule has 4 aromatic rings. The zero-order valence-electron chi connectivity index (χ0n) is 20.1. The van der Waals surface area contributed by atoms with Crippen molar-refractivity contribution in [2.24, 2.45) is 0 Å². The van der Waals surface area contributed by atoms with E-state index < -0.39 is 0 Å². The molecule has 0 unspecified atom stereocenters. The Morgan fingerprint density at radius 1 is 0.528 bits per heavy atom. The Labute approximate surface area is 211 Å². The maximum Gasteiger partial charge on any atom is 0.119 e. The van der Waals surface area contributed by atoms with Crippen molar-refractivity contribution in [1.29, 1.82) is 10.5 Å². The third-order valence-corrected chi connectivity index (χ3v) is 5.82. The summed E-state index contributed by atoms with van der Waals surface area (Å²) in [4.78, 5) is 0. The van der Waals surface area contributed by atoms with Gasteiger partial charge in [0.15, 0.2) is 0 Å². The van der Waals surface area contributed by atoms with E-state index in [-0.39, 0.29) is 0 Å². The number of methoxy groups -OCH3 is 2. The molecule has 174 valence electrons. The lowest BCUT2D eigenvalue weighted by molar-refractivity contribution is 0.414. The molecule has 0 spiro atoms. The smallest absolute Gasteiger partial charge is 0.119 e. The minimum Gasteiger partial charge on any atom is -0.497 e. The average Bonchev–Trinajstić information content (AvgIpc) is 2.95. The summed E-state index contributed by atoms with van der Waals surface area (Å²) < 4.78 is 10.5. The second-order valence-electron chi connectivity index (χ2n) is 8.04. The minimum absolute atomic E-state index is 0.605. The van der Waals surface area contributed by atoms with Gasteiger partial charge in [0.2, 0.25) is 0 Å². The monoisotopic (exact) mass is 468 g/mol. The molecular formula is C32H24N2O2. The Morgan fingerprint density at radius 2 is 0.917 bits per heavy atom. The molecule has 4 heteroatoms. The molecule has 36 heavy (non-hydrogen) atoms. The van der Waals surface area contributed by atoms with Crippen LogP contribution in [0.1, 0.15) is 33.4 Å². The van der Waals surface area contributed by atoms with Crippen molar-refractivity contribution in [3.05, 3.63) is 118 Å². The molecule has 0 aliphatic heterocycles. The van der Waals surface area contributed by atoms with E-state index in [1.165, 1.54) is 0 Å². The molecule has 0 amide bonds. The van der Waals surface area contributed by atoms with Gasteiger partial charge >= 0.3 is 0 Å². The van der Waals surface area contributed by atoms with Gasteiger partial charge in [0.25, 0.3) is 0 Å². The Kier molecular flexibility index (Phi) is 7.61. The predicted octanol–water partition coefficient (Wildman–Crippen LogP) is 7.45. The molecule has 0 aliphatic carbocycles. The summed E-state index contributed by atoms with van der Waals surface area (Å²) in [6.07, 6.45) is 7.83. The molecule has 0 N–H and O–H groups in total. The summed E-state index contributed by atoms with van der Waals surface area (Å²) in [5.41, 5.74) is 7.15. The van der Waals surface area contributed by atoms with Gasteiger partial charge < -0.3 is 9.47 Å². The molecule has 0 saturated heterocycles. The first-order valence-corrected chi connectivity index (χ1v) is 11.4. The molecule has 4 aromatic carbocycles. The molecule has 4 nitrogen and oxygen atoms in total. The zero-order chi connectivity index (χ0) is 25.3. The average molecular weight is 469 g/mol. The van der Waals surface area contributed by atoms with Gasteiger partial charge in [-0.3, -0.25) is 0 Å². The SMILES string of the molecule is COc1ccc(C#N)c(/C=C/c2ccc(-c3ccc(/C=C/c4cc(OC)ccc4C#N)cc3)cc2)c1. The fraction of sp³-hybridized carbons (Fsp3) is 0.0625. The first-order valence-electron chi connectivity index (χ1n) is 11.4. The minimum atomic E-state index is 0.605. The molecule has 0 aliphatic rings. The lowest BCUT2D eigenvalue weighted by atomic mass is 10.0. The van der Waals surface area contributed by atoms with Gasteiger partial charge in [0.1, 0.15) is 11.5 Å². The first kappa shape index (κ1) is 24.1. The molecular weight excluding hydrogens is 444 g/mol. The Hall–Kier alpha value is -5.06. The molecule has 0 heterocycles. The fourth-order valence-electron chi connectivity index (χ4n) is 3.76. The second-order valence-corrected chi connectivity index (χ2v) is 8.04. The normalized spacial score (nSPS) is 10.8. The van der Waals surface area contributed by atoms with Crippen LogP contribution in [0.3, 0.4) is 0 Å². The van der Waals surface area contributed by atoms with Gasteiger partial charge in [0, 0.05) is 0 Å². The summed E-state index contributed by atoms with van der Waals surface area (Å²) in [6.45, 7) is 0. The topological polar surface area (TPSA) is 66.0 Å². The zero-order valence-corrected chi connectivity index (χ0v) is 20.1. The van der Waals surface area contributed by atoms with E-state index >= 15 is 0 Å². The van der Waals surface area contributed by atoms with Crippen LogP contribution < -0.4 is 9.47 Å². The van der Waals surface area contributed by atoms with E-state index in [0.717, 1.165) is 44.9 Å². The molecule has 4 rings (SSSR count). The molecule has 0 radical (unpaired) electrons. The summed E-state index contributed by atoms with van der Waals surface area (Å²) in [6, 6.07) is 31.8. The van der Waals surface area contributed by atoms with Crippen molar-refractivity contribution >= 4 is 24.3 Å². The third kappa shape index (κ3) is 5.70. The summed E-state index contributed by atoms with van der Waals surface area (Å²) in [7, 11) is 3.23. The number of nitrogens with zero attached hydrogens (tertiary/aromatic N) is 2. The van der Waals surface area contributed by atoms with E-state index in [1.807, 2.05) is 36.4 Å². The maximum absolute atomic E-state index is 9.35. The highest BCUT2D eigenvalue weighted by atomic mass is 16.5. The number of hydrogen-bond donors (Lipinski definition) is 0. The van der Waals surface area contributed by atoms with Crippen LogP contribution in [0.5, 0.6) is 11.5 Å². The molecule has 0 atom stereocenters. The Bertz CT molecular complexity index is 1380. The van der Waals surface area contributed by atoms with Crippen LogP contribution in [0.25, 0.3) is 35.4 Å². The van der Waals surface area contributed by atoms with Gasteiger partial charge in [-0.25, -0.2) is 0 Å². The number of ether oxygens (including phenoxy) is 2. The van der Waals surface area contributed by atoms with E-state index in [0.29, 0.717) is 11.1 Å². The van der Waals surface area contributed by atoms with Gasteiger partial charge in [-0.05, 0) is 69.8 Å². The van der Waals surface area contributed by atoms with Crippen molar-refractivity contribution < 1.29 is 9.47 Å². The Morgan fingerprint density at radius 3 is 1.25 bits per heavy atom. The molecule has 0 fully saturated rings. The number of nitriles is 2.